The Kier molecular flexibility index (Phi) is 3.99. The molecule has 1 amide bonds. The number of hydrogen-bond donors (Lipinski definition) is 2. The SMILES string of the molecule is CC(C)(C)OC(=O)Nc1cc(-c2cn[nH]c2)ccc1Cl. The van der Waals surface area contributed by atoms with Gasteiger partial charge in [-0.15, -0.1) is 0 Å². The lowest BCUT2D eigenvalue weighted by atomic mass is 10.1. The molecule has 1 aromatic carbocycles. The molecule has 0 spiro atoms. The number of carbonyl (C=O) groups is 1. The van der Waals surface area contributed by atoms with Gasteiger partial charge >= 0.3 is 6.09 Å². The van der Waals surface area contributed by atoms with Crippen LogP contribution < -0.4 is 5.32 Å². The Bertz CT molecular complexity index is 603. The minimum Gasteiger partial charge on any atom is -0.444 e. The van der Waals surface area contributed by atoms with Crippen LogP contribution in [-0.2, 0) is 4.74 Å². The molecule has 2 aromatic rings. The minimum atomic E-state index is -0.557. The summed E-state index contributed by atoms with van der Waals surface area (Å²) in [7, 11) is 0. The van der Waals surface area contributed by atoms with E-state index in [4.69, 9.17) is 16.3 Å². The molecule has 0 aliphatic carbocycles. The molecule has 106 valence electrons. The van der Waals surface area contributed by atoms with Gasteiger partial charge in [0.15, 0.2) is 0 Å². The lowest BCUT2D eigenvalue weighted by Gasteiger charge is -2.20. The zero-order chi connectivity index (χ0) is 14.8. The maximum absolute atomic E-state index is 11.8. The van der Waals surface area contributed by atoms with Gasteiger partial charge in [0.25, 0.3) is 0 Å². The highest BCUT2D eigenvalue weighted by molar-refractivity contribution is 6.33. The van der Waals surface area contributed by atoms with Crippen LogP contribution in [0.1, 0.15) is 20.8 Å². The summed E-state index contributed by atoms with van der Waals surface area (Å²) in [5.74, 6) is 0. The molecule has 0 bridgehead atoms. The first-order valence-corrected chi connectivity index (χ1v) is 6.52. The van der Waals surface area contributed by atoms with Crippen LogP contribution in [0.3, 0.4) is 0 Å². The molecule has 20 heavy (non-hydrogen) atoms. The highest BCUT2D eigenvalue weighted by Gasteiger charge is 2.17. The smallest absolute Gasteiger partial charge is 0.412 e. The first-order chi connectivity index (χ1) is 9.35. The topological polar surface area (TPSA) is 67.0 Å². The number of amides is 1. The molecule has 0 saturated heterocycles. The van der Waals surface area contributed by atoms with E-state index < -0.39 is 11.7 Å². The standard InChI is InChI=1S/C14H16ClN3O2/c1-14(2,3)20-13(19)18-12-6-9(4-5-11(12)15)10-7-16-17-8-10/h4-8H,1-3H3,(H,16,17)(H,18,19). The number of hydrogen-bond acceptors (Lipinski definition) is 3. The number of aromatic nitrogens is 2. The Balaban J connectivity index is 2.19. The summed E-state index contributed by atoms with van der Waals surface area (Å²) in [5.41, 5.74) is 1.75. The Morgan fingerprint density at radius 2 is 2.10 bits per heavy atom. The fourth-order valence-corrected chi connectivity index (χ4v) is 1.79. The Morgan fingerprint density at radius 1 is 1.35 bits per heavy atom. The molecule has 0 unspecified atom stereocenters. The number of nitrogens with zero attached hydrogens (tertiary/aromatic N) is 1. The average Bonchev–Trinajstić information content (AvgIpc) is 2.83. The van der Waals surface area contributed by atoms with Gasteiger partial charge in [-0.2, -0.15) is 5.10 Å². The molecule has 0 fully saturated rings. The molecule has 6 heteroatoms. The van der Waals surface area contributed by atoms with Crippen molar-refractivity contribution >= 4 is 23.4 Å². The second-order valence-electron chi connectivity index (χ2n) is 5.31. The first kappa shape index (κ1) is 14.4. The third-order valence-electron chi connectivity index (χ3n) is 2.43. The number of benzene rings is 1. The van der Waals surface area contributed by atoms with Gasteiger partial charge in [-0.3, -0.25) is 10.4 Å². The van der Waals surface area contributed by atoms with E-state index in [1.54, 1.807) is 45.3 Å². The van der Waals surface area contributed by atoms with Crippen LogP contribution in [0.2, 0.25) is 5.02 Å². The summed E-state index contributed by atoms with van der Waals surface area (Å²) < 4.78 is 5.20. The Morgan fingerprint density at radius 3 is 2.70 bits per heavy atom. The van der Waals surface area contributed by atoms with Crippen molar-refractivity contribution in [1.82, 2.24) is 10.2 Å². The van der Waals surface area contributed by atoms with E-state index in [9.17, 15) is 4.79 Å². The molecule has 1 aromatic heterocycles. The lowest BCUT2D eigenvalue weighted by Crippen LogP contribution is -2.27. The van der Waals surface area contributed by atoms with Crippen LogP contribution >= 0.6 is 11.6 Å². The minimum absolute atomic E-state index is 0.447. The molecular weight excluding hydrogens is 278 g/mol. The number of carbonyl (C=O) groups excluding carboxylic acids is 1. The number of rotatable bonds is 2. The molecule has 0 aliphatic rings. The molecule has 2 N–H and O–H groups in total. The summed E-state index contributed by atoms with van der Waals surface area (Å²) in [4.78, 5) is 11.8. The van der Waals surface area contributed by atoms with Crippen molar-refractivity contribution in [2.24, 2.45) is 0 Å². The third-order valence-corrected chi connectivity index (χ3v) is 2.76. The van der Waals surface area contributed by atoms with Gasteiger partial charge in [-0.1, -0.05) is 17.7 Å². The van der Waals surface area contributed by atoms with Crippen molar-refractivity contribution < 1.29 is 9.53 Å². The van der Waals surface area contributed by atoms with Gasteiger partial charge in [0, 0.05) is 11.8 Å². The maximum atomic E-state index is 11.8. The number of H-pyrrole nitrogens is 1. The summed E-state index contributed by atoms with van der Waals surface area (Å²) in [6, 6.07) is 5.35. The van der Waals surface area contributed by atoms with E-state index in [0.717, 1.165) is 11.1 Å². The Hall–Kier alpha value is -2.01. The zero-order valence-electron chi connectivity index (χ0n) is 11.5. The van der Waals surface area contributed by atoms with Crippen molar-refractivity contribution in [1.29, 1.82) is 0 Å². The summed E-state index contributed by atoms with van der Waals surface area (Å²) in [5, 5.41) is 9.72. The third kappa shape index (κ3) is 3.74. The van der Waals surface area contributed by atoms with E-state index in [1.807, 2.05) is 6.07 Å². The number of halogens is 1. The summed E-state index contributed by atoms with van der Waals surface area (Å²) in [6.07, 6.45) is 2.92. The van der Waals surface area contributed by atoms with Gasteiger partial charge < -0.3 is 4.74 Å². The van der Waals surface area contributed by atoms with Gasteiger partial charge in [0.05, 0.1) is 16.9 Å². The molecule has 0 saturated carbocycles. The molecule has 0 radical (unpaired) electrons. The van der Waals surface area contributed by atoms with E-state index in [-0.39, 0.29) is 0 Å². The van der Waals surface area contributed by atoms with Crippen LogP contribution in [-0.4, -0.2) is 21.9 Å². The van der Waals surface area contributed by atoms with Crippen LogP contribution in [0.4, 0.5) is 10.5 Å². The highest BCUT2D eigenvalue weighted by Crippen LogP contribution is 2.28. The molecule has 0 aliphatic heterocycles. The predicted molar refractivity (Wildman–Crippen MR) is 78.9 cm³/mol. The molecule has 1 heterocycles. The van der Waals surface area contributed by atoms with Crippen molar-refractivity contribution in [2.45, 2.75) is 26.4 Å². The molecule has 5 nitrogen and oxygen atoms in total. The van der Waals surface area contributed by atoms with Crippen LogP contribution in [0.5, 0.6) is 0 Å². The number of anilines is 1. The van der Waals surface area contributed by atoms with Crippen molar-refractivity contribution in [3.05, 3.63) is 35.6 Å². The van der Waals surface area contributed by atoms with Gasteiger partial charge in [0.2, 0.25) is 0 Å². The van der Waals surface area contributed by atoms with Crippen molar-refractivity contribution in [3.8, 4) is 11.1 Å². The van der Waals surface area contributed by atoms with E-state index >= 15 is 0 Å². The van der Waals surface area contributed by atoms with Gasteiger partial charge in [-0.25, -0.2) is 4.79 Å². The summed E-state index contributed by atoms with van der Waals surface area (Å²) >= 11 is 6.08. The van der Waals surface area contributed by atoms with E-state index in [0.29, 0.717) is 10.7 Å². The van der Waals surface area contributed by atoms with Crippen LogP contribution in [0.15, 0.2) is 30.6 Å². The first-order valence-electron chi connectivity index (χ1n) is 6.14. The molecule has 0 atom stereocenters. The van der Waals surface area contributed by atoms with Crippen LogP contribution in [0, 0.1) is 0 Å². The average molecular weight is 294 g/mol. The number of nitrogens with one attached hydrogen (secondary N) is 2. The van der Waals surface area contributed by atoms with E-state index in [2.05, 4.69) is 15.5 Å². The monoisotopic (exact) mass is 293 g/mol. The number of ether oxygens (including phenoxy) is 1. The Labute approximate surface area is 122 Å². The highest BCUT2D eigenvalue weighted by atomic mass is 35.5. The quantitative estimate of drug-likeness (QED) is 0.877. The second kappa shape index (κ2) is 5.54. The van der Waals surface area contributed by atoms with Crippen molar-refractivity contribution in [3.63, 3.8) is 0 Å². The normalized spacial score (nSPS) is 11.2. The maximum Gasteiger partial charge on any atom is 0.412 e. The lowest BCUT2D eigenvalue weighted by molar-refractivity contribution is 0.0636. The summed E-state index contributed by atoms with van der Waals surface area (Å²) in [6.45, 7) is 5.41. The van der Waals surface area contributed by atoms with Crippen LogP contribution in [0.25, 0.3) is 11.1 Å². The second-order valence-corrected chi connectivity index (χ2v) is 5.72. The predicted octanol–water partition coefficient (Wildman–Crippen LogP) is 4.08. The van der Waals surface area contributed by atoms with Gasteiger partial charge in [0.1, 0.15) is 5.60 Å². The van der Waals surface area contributed by atoms with E-state index in [1.165, 1.54) is 0 Å². The fraction of sp³-hybridized carbons (Fsp3) is 0.286. The zero-order valence-corrected chi connectivity index (χ0v) is 12.3. The van der Waals surface area contributed by atoms with Gasteiger partial charge in [-0.05, 0) is 38.5 Å². The largest absolute Gasteiger partial charge is 0.444 e. The number of aromatic amines is 1. The van der Waals surface area contributed by atoms with Crippen molar-refractivity contribution in [2.75, 3.05) is 5.32 Å². The fourth-order valence-electron chi connectivity index (χ4n) is 1.62. The molecule has 2 rings (SSSR count). The molecular formula is C14H16ClN3O2.